The van der Waals surface area contributed by atoms with Crippen LogP contribution in [0, 0.1) is 5.82 Å². The molecule has 0 aliphatic carbocycles. The monoisotopic (exact) mass is 423 g/mol. The zero-order valence-electron chi connectivity index (χ0n) is 17.0. The molecule has 0 amide bonds. The highest BCUT2D eigenvalue weighted by Crippen LogP contribution is 2.37. The third kappa shape index (κ3) is 4.14. The molecule has 0 bridgehead atoms. The first kappa shape index (κ1) is 19.7. The number of para-hydroxylation sites is 1. The molecule has 0 atom stereocenters. The maximum absolute atomic E-state index is 13.6. The predicted molar refractivity (Wildman–Crippen MR) is 128 cm³/mol. The third-order valence-electron chi connectivity index (χ3n) is 5.50. The predicted octanol–water partition coefficient (Wildman–Crippen LogP) is 7.71. The number of hydrogen-bond donors (Lipinski definition) is 0. The largest absolute Gasteiger partial charge is 0.335 e. The van der Waals surface area contributed by atoms with Crippen LogP contribution in [-0.2, 0) is 5.75 Å². The summed E-state index contributed by atoms with van der Waals surface area (Å²) < 4.78 is 16.0. The fourth-order valence-corrected chi connectivity index (χ4v) is 5.09. The first-order valence-corrected chi connectivity index (χ1v) is 11.3. The number of aromatic nitrogens is 1. The van der Waals surface area contributed by atoms with Crippen molar-refractivity contribution in [1.29, 1.82) is 0 Å². The van der Waals surface area contributed by atoms with Gasteiger partial charge in [-0.15, -0.1) is 11.8 Å². The van der Waals surface area contributed by atoms with Crippen LogP contribution in [-0.4, -0.2) is 4.57 Å². The van der Waals surface area contributed by atoms with Crippen molar-refractivity contribution >= 4 is 22.7 Å². The Bertz CT molecular complexity index is 1260. The Morgan fingerprint density at radius 1 is 0.710 bits per heavy atom. The van der Waals surface area contributed by atoms with Gasteiger partial charge in [0.2, 0.25) is 0 Å². The molecule has 1 aromatic heterocycles. The van der Waals surface area contributed by atoms with Crippen LogP contribution in [0.2, 0.25) is 0 Å². The van der Waals surface area contributed by atoms with E-state index >= 15 is 0 Å². The molecule has 0 aliphatic rings. The van der Waals surface area contributed by atoms with Gasteiger partial charge in [-0.1, -0.05) is 91.0 Å². The van der Waals surface area contributed by atoms with E-state index in [-0.39, 0.29) is 11.9 Å². The van der Waals surface area contributed by atoms with Crippen molar-refractivity contribution in [2.75, 3.05) is 0 Å². The molecule has 152 valence electrons. The molecular formula is C28H22FNS. The number of hydrogen-bond acceptors (Lipinski definition) is 1. The fourth-order valence-electron chi connectivity index (χ4n) is 4.07. The molecule has 1 heterocycles. The summed E-state index contributed by atoms with van der Waals surface area (Å²) in [5.74, 6) is 0.543. The number of thioether (sulfide) groups is 1. The van der Waals surface area contributed by atoms with E-state index in [1.54, 1.807) is 23.9 Å². The highest BCUT2D eigenvalue weighted by Gasteiger charge is 2.20. The van der Waals surface area contributed by atoms with Gasteiger partial charge in [-0.2, -0.15) is 0 Å². The van der Waals surface area contributed by atoms with Crippen LogP contribution < -0.4 is 0 Å². The maximum Gasteiger partial charge on any atom is 0.123 e. The van der Waals surface area contributed by atoms with Gasteiger partial charge in [-0.3, -0.25) is 0 Å². The van der Waals surface area contributed by atoms with Gasteiger partial charge < -0.3 is 4.57 Å². The van der Waals surface area contributed by atoms with E-state index in [0.717, 1.165) is 11.3 Å². The molecule has 0 N–H and O–H groups in total. The number of nitrogens with zero attached hydrogens (tertiary/aromatic N) is 1. The third-order valence-corrected chi connectivity index (χ3v) is 6.61. The smallest absolute Gasteiger partial charge is 0.123 e. The maximum atomic E-state index is 13.6. The lowest BCUT2D eigenvalue weighted by Gasteiger charge is -2.21. The summed E-state index contributed by atoms with van der Waals surface area (Å²) in [4.78, 5) is 1.21. The Morgan fingerprint density at radius 3 is 2.03 bits per heavy atom. The molecule has 0 fully saturated rings. The molecule has 4 aromatic carbocycles. The minimum absolute atomic E-state index is 0.0795. The zero-order valence-corrected chi connectivity index (χ0v) is 17.8. The Hall–Kier alpha value is -3.30. The lowest BCUT2D eigenvalue weighted by molar-refractivity contribution is 0.626. The van der Waals surface area contributed by atoms with Crippen LogP contribution in [0.1, 0.15) is 22.7 Å². The van der Waals surface area contributed by atoms with E-state index in [4.69, 9.17) is 0 Å². The fraction of sp³-hybridized carbons (Fsp3) is 0.0714. The van der Waals surface area contributed by atoms with Crippen LogP contribution in [0.25, 0.3) is 10.9 Å². The molecule has 5 rings (SSSR count). The van der Waals surface area contributed by atoms with E-state index in [1.165, 1.54) is 33.0 Å². The van der Waals surface area contributed by atoms with E-state index in [1.807, 2.05) is 6.07 Å². The summed E-state index contributed by atoms with van der Waals surface area (Å²) in [6, 6.07) is 36.7. The summed E-state index contributed by atoms with van der Waals surface area (Å²) in [5, 5.41) is 1.22. The molecule has 1 nitrogen and oxygen atoms in total. The van der Waals surface area contributed by atoms with Gasteiger partial charge in [0.1, 0.15) is 5.82 Å². The zero-order chi connectivity index (χ0) is 21.0. The second kappa shape index (κ2) is 8.83. The summed E-state index contributed by atoms with van der Waals surface area (Å²) in [5.41, 5.74) is 4.68. The summed E-state index contributed by atoms with van der Waals surface area (Å²) in [6.45, 7) is 0. The lowest BCUT2D eigenvalue weighted by Crippen LogP contribution is -2.11. The summed E-state index contributed by atoms with van der Waals surface area (Å²) >= 11 is 1.75. The number of rotatable bonds is 6. The number of benzene rings is 4. The van der Waals surface area contributed by atoms with Crippen molar-refractivity contribution in [2.24, 2.45) is 0 Å². The van der Waals surface area contributed by atoms with Gasteiger partial charge >= 0.3 is 0 Å². The Balaban J connectivity index is 1.60. The minimum atomic E-state index is -0.186. The van der Waals surface area contributed by atoms with Gasteiger partial charge in [0.15, 0.2) is 0 Å². The Kier molecular flexibility index (Phi) is 5.59. The highest BCUT2D eigenvalue weighted by atomic mass is 32.2. The van der Waals surface area contributed by atoms with Crippen LogP contribution in [0.3, 0.4) is 0 Å². The molecular weight excluding hydrogens is 401 g/mol. The second-order valence-corrected chi connectivity index (χ2v) is 8.58. The second-order valence-electron chi connectivity index (χ2n) is 7.56. The van der Waals surface area contributed by atoms with Crippen molar-refractivity contribution in [3.8, 4) is 0 Å². The van der Waals surface area contributed by atoms with Crippen LogP contribution in [0.5, 0.6) is 0 Å². The Labute approximate surface area is 186 Å². The lowest BCUT2D eigenvalue weighted by atomic mass is 9.98. The quantitative estimate of drug-likeness (QED) is 0.253. The van der Waals surface area contributed by atoms with Gasteiger partial charge in [-0.25, -0.2) is 4.39 Å². The van der Waals surface area contributed by atoms with Crippen molar-refractivity contribution in [3.63, 3.8) is 0 Å². The van der Waals surface area contributed by atoms with E-state index in [9.17, 15) is 4.39 Å². The molecule has 5 aromatic rings. The molecule has 0 radical (unpaired) electrons. The molecule has 0 saturated heterocycles. The van der Waals surface area contributed by atoms with Crippen LogP contribution >= 0.6 is 11.8 Å². The van der Waals surface area contributed by atoms with Gasteiger partial charge in [-0.05, 0) is 34.9 Å². The topological polar surface area (TPSA) is 4.93 Å². The van der Waals surface area contributed by atoms with Gasteiger partial charge in [0, 0.05) is 22.2 Å². The van der Waals surface area contributed by atoms with Crippen molar-refractivity contribution in [1.82, 2.24) is 4.57 Å². The van der Waals surface area contributed by atoms with Crippen LogP contribution in [0.15, 0.2) is 120 Å². The summed E-state index contributed by atoms with van der Waals surface area (Å²) in [7, 11) is 0. The van der Waals surface area contributed by atoms with Gasteiger partial charge in [0.05, 0.1) is 11.6 Å². The molecule has 3 heteroatoms. The average Bonchev–Trinajstić information content (AvgIpc) is 3.18. The standard InChI is InChI=1S/C28H22FNS/c29-24-15-9-10-21(18-24)20-31-27-19-30(26-17-8-7-16-25(26)27)28(22-11-3-1-4-12-22)23-13-5-2-6-14-23/h1-19,28H,20H2. The van der Waals surface area contributed by atoms with Crippen molar-refractivity contribution < 1.29 is 4.39 Å². The normalized spacial score (nSPS) is 11.3. The first-order valence-electron chi connectivity index (χ1n) is 10.4. The van der Waals surface area contributed by atoms with E-state index < -0.39 is 0 Å². The van der Waals surface area contributed by atoms with Crippen molar-refractivity contribution in [3.05, 3.63) is 138 Å². The number of halogens is 1. The molecule has 0 saturated carbocycles. The number of fused-ring (bicyclic) bond motifs is 1. The SMILES string of the molecule is Fc1cccc(CSc2cn(C(c3ccccc3)c3ccccc3)c3ccccc23)c1. The highest BCUT2D eigenvalue weighted by molar-refractivity contribution is 7.98. The molecule has 0 unspecified atom stereocenters. The van der Waals surface area contributed by atoms with Crippen LogP contribution in [0.4, 0.5) is 4.39 Å². The van der Waals surface area contributed by atoms with E-state index in [0.29, 0.717) is 0 Å². The van der Waals surface area contributed by atoms with E-state index in [2.05, 4.69) is 95.7 Å². The van der Waals surface area contributed by atoms with Crippen molar-refractivity contribution in [2.45, 2.75) is 16.7 Å². The first-order chi connectivity index (χ1) is 15.3. The average molecular weight is 424 g/mol. The molecule has 31 heavy (non-hydrogen) atoms. The Morgan fingerprint density at radius 2 is 1.35 bits per heavy atom. The minimum Gasteiger partial charge on any atom is -0.335 e. The summed E-state index contributed by atoms with van der Waals surface area (Å²) in [6.07, 6.45) is 2.25. The molecule has 0 spiro atoms. The molecule has 0 aliphatic heterocycles. The van der Waals surface area contributed by atoms with Gasteiger partial charge in [0.25, 0.3) is 0 Å².